The number of hydrogen-bond donors (Lipinski definition) is 1. The Kier molecular flexibility index (Phi) is 4.17. The van der Waals surface area contributed by atoms with E-state index in [-0.39, 0.29) is 0 Å². The second-order valence-corrected chi connectivity index (χ2v) is 4.85. The Hall–Kier alpha value is -2.17. The summed E-state index contributed by atoms with van der Waals surface area (Å²) in [6.07, 6.45) is 2.75. The standard InChI is InChI=1S/C15H17NO4/c1-2-3-6-9-16-11-8-5-4-7-10(11)13(17)12(14(16)18)15(19)20/h4-5,7-8,12H,2-3,6,9H2,1H3,(H,19,20). The van der Waals surface area contributed by atoms with E-state index in [0.29, 0.717) is 17.8 Å². The molecule has 5 nitrogen and oxygen atoms in total. The zero-order valence-corrected chi connectivity index (χ0v) is 11.3. The van der Waals surface area contributed by atoms with Crippen LogP contribution in [0, 0.1) is 5.92 Å². The number of unbranched alkanes of at least 4 members (excludes halogenated alkanes) is 2. The van der Waals surface area contributed by atoms with Gasteiger partial charge in [0.15, 0.2) is 11.7 Å². The number of carboxylic acids is 1. The number of aliphatic carboxylic acids is 1. The van der Waals surface area contributed by atoms with Gasteiger partial charge in [-0.3, -0.25) is 14.4 Å². The molecule has 1 aromatic carbocycles. The summed E-state index contributed by atoms with van der Waals surface area (Å²) in [4.78, 5) is 37.0. The summed E-state index contributed by atoms with van der Waals surface area (Å²) >= 11 is 0. The largest absolute Gasteiger partial charge is 0.480 e. The number of rotatable bonds is 5. The van der Waals surface area contributed by atoms with Crippen molar-refractivity contribution in [3.63, 3.8) is 0 Å². The lowest BCUT2D eigenvalue weighted by Gasteiger charge is -2.31. The minimum Gasteiger partial charge on any atom is -0.480 e. The Morgan fingerprint density at radius 1 is 1.25 bits per heavy atom. The van der Waals surface area contributed by atoms with Crippen LogP contribution in [0.1, 0.15) is 36.5 Å². The summed E-state index contributed by atoms with van der Waals surface area (Å²) in [6, 6.07) is 6.69. The van der Waals surface area contributed by atoms with Crippen molar-refractivity contribution in [3.8, 4) is 0 Å². The first kappa shape index (κ1) is 14.2. The van der Waals surface area contributed by atoms with Crippen molar-refractivity contribution in [3.05, 3.63) is 29.8 Å². The average Bonchev–Trinajstić information content (AvgIpc) is 2.42. The van der Waals surface area contributed by atoms with Crippen LogP contribution in [0.25, 0.3) is 0 Å². The first-order valence-corrected chi connectivity index (χ1v) is 6.75. The number of benzene rings is 1. The fraction of sp³-hybridized carbons (Fsp3) is 0.400. The van der Waals surface area contributed by atoms with Gasteiger partial charge in [0.05, 0.1) is 5.69 Å². The van der Waals surface area contributed by atoms with Crippen LogP contribution in [0.3, 0.4) is 0 Å². The van der Waals surface area contributed by atoms with E-state index in [2.05, 4.69) is 6.92 Å². The molecule has 0 radical (unpaired) electrons. The van der Waals surface area contributed by atoms with Crippen LogP contribution in [0.4, 0.5) is 5.69 Å². The number of carbonyl (C=O) groups excluding carboxylic acids is 2. The van der Waals surface area contributed by atoms with Gasteiger partial charge in [-0.05, 0) is 18.6 Å². The molecular formula is C15H17NO4. The number of ketones is 1. The molecule has 1 aliphatic rings. The van der Waals surface area contributed by atoms with E-state index < -0.39 is 23.6 Å². The fourth-order valence-corrected chi connectivity index (χ4v) is 2.43. The molecule has 0 aliphatic carbocycles. The van der Waals surface area contributed by atoms with Crippen LogP contribution in [0.2, 0.25) is 0 Å². The van der Waals surface area contributed by atoms with Crippen molar-refractivity contribution in [2.24, 2.45) is 5.92 Å². The van der Waals surface area contributed by atoms with E-state index in [0.717, 1.165) is 19.3 Å². The zero-order chi connectivity index (χ0) is 14.7. The minimum absolute atomic E-state index is 0.316. The normalized spacial score (nSPS) is 18.1. The maximum atomic E-state index is 12.3. The molecule has 106 valence electrons. The summed E-state index contributed by atoms with van der Waals surface area (Å²) < 4.78 is 0. The molecule has 1 N–H and O–H groups in total. The number of Topliss-reactive ketones (excluding diaryl/α,β-unsaturated/α-hetero) is 1. The molecule has 2 rings (SSSR count). The molecule has 0 spiro atoms. The highest BCUT2D eigenvalue weighted by atomic mass is 16.4. The van der Waals surface area contributed by atoms with Gasteiger partial charge in [-0.15, -0.1) is 0 Å². The minimum atomic E-state index is -1.61. The SMILES string of the molecule is CCCCCN1C(=O)C(C(=O)O)C(=O)c2ccccc21. The van der Waals surface area contributed by atoms with Crippen LogP contribution in [-0.4, -0.2) is 29.3 Å². The van der Waals surface area contributed by atoms with E-state index in [1.54, 1.807) is 24.3 Å². The maximum absolute atomic E-state index is 12.3. The van der Waals surface area contributed by atoms with Gasteiger partial charge >= 0.3 is 5.97 Å². The molecular weight excluding hydrogens is 258 g/mol. The van der Waals surface area contributed by atoms with E-state index in [9.17, 15) is 14.4 Å². The van der Waals surface area contributed by atoms with Crippen molar-refractivity contribution in [1.82, 2.24) is 0 Å². The first-order valence-electron chi connectivity index (χ1n) is 6.75. The van der Waals surface area contributed by atoms with E-state index in [4.69, 9.17) is 5.11 Å². The molecule has 1 aromatic rings. The lowest BCUT2D eigenvalue weighted by atomic mass is 9.90. The summed E-state index contributed by atoms with van der Waals surface area (Å²) in [5.41, 5.74) is 0.840. The van der Waals surface area contributed by atoms with Crippen molar-refractivity contribution in [2.45, 2.75) is 26.2 Å². The van der Waals surface area contributed by atoms with Gasteiger partial charge < -0.3 is 10.0 Å². The molecule has 5 heteroatoms. The predicted octanol–water partition coefficient (Wildman–Crippen LogP) is 2.11. The second kappa shape index (κ2) is 5.86. The molecule has 0 bridgehead atoms. The molecule has 0 saturated heterocycles. The molecule has 0 saturated carbocycles. The number of nitrogens with zero attached hydrogens (tertiary/aromatic N) is 1. The van der Waals surface area contributed by atoms with E-state index >= 15 is 0 Å². The Morgan fingerprint density at radius 2 is 1.95 bits per heavy atom. The fourth-order valence-electron chi connectivity index (χ4n) is 2.43. The number of amides is 1. The third-order valence-electron chi connectivity index (χ3n) is 3.47. The highest BCUT2D eigenvalue weighted by molar-refractivity contribution is 6.30. The Bertz CT molecular complexity index is 553. The third-order valence-corrected chi connectivity index (χ3v) is 3.47. The van der Waals surface area contributed by atoms with Crippen LogP contribution in [-0.2, 0) is 9.59 Å². The predicted molar refractivity (Wildman–Crippen MR) is 73.8 cm³/mol. The van der Waals surface area contributed by atoms with Crippen LogP contribution >= 0.6 is 0 Å². The number of para-hydroxylation sites is 1. The Balaban J connectivity index is 2.39. The molecule has 1 aliphatic heterocycles. The number of carboxylic acid groups (broad SMARTS) is 1. The third kappa shape index (κ3) is 2.43. The summed E-state index contributed by atoms with van der Waals surface area (Å²) in [5.74, 6) is -4.23. The number of carbonyl (C=O) groups is 3. The van der Waals surface area contributed by atoms with E-state index in [1.165, 1.54) is 4.90 Å². The Morgan fingerprint density at radius 3 is 2.60 bits per heavy atom. The van der Waals surface area contributed by atoms with Gasteiger partial charge in [-0.2, -0.15) is 0 Å². The van der Waals surface area contributed by atoms with Gasteiger partial charge in [0, 0.05) is 12.1 Å². The highest BCUT2D eigenvalue weighted by Crippen LogP contribution is 2.31. The molecule has 1 heterocycles. The van der Waals surface area contributed by atoms with Crippen molar-refractivity contribution in [1.29, 1.82) is 0 Å². The number of anilines is 1. The van der Waals surface area contributed by atoms with Crippen LogP contribution < -0.4 is 4.90 Å². The first-order chi connectivity index (χ1) is 9.57. The maximum Gasteiger partial charge on any atom is 0.324 e. The monoisotopic (exact) mass is 275 g/mol. The lowest BCUT2D eigenvalue weighted by Crippen LogP contribution is -2.48. The molecule has 0 aromatic heterocycles. The second-order valence-electron chi connectivity index (χ2n) is 4.85. The highest BCUT2D eigenvalue weighted by Gasteiger charge is 2.43. The van der Waals surface area contributed by atoms with Gasteiger partial charge in [0.1, 0.15) is 0 Å². The van der Waals surface area contributed by atoms with Crippen molar-refractivity contribution in [2.75, 3.05) is 11.4 Å². The summed E-state index contributed by atoms with van der Waals surface area (Å²) in [6.45, 7) is 2.50. The molecule has 0 fully saturated rings. The quantitative estimate of drug-likeness (QED) is 0.659. The van der Waals surface area contributed by atoms with Crippen LogP contribution in [0.15, 0.2) is 24.3 Å². The van der Waals surface area contributed by atoms with E-state index in [1.807, 2.05) is 0 Å². The smallest absolute Gasteiger partial charge is 0.324 e. The molecule has 1 amide bonds. The summed E-state index contributed by atoms with van der Waals surface area (Å²) in [5, 5.41) is 9.13. The number of fused-ring (bicyclic) bond motifs is 1. The van der Waals surface area contributed by atoms with Crippen molar-refractivity contribution >= 4 is 23.3 Å². The molecule has 1 unspecified atom stereocenters. The summed E-state index contributed by atoms with van der Waals surface area (Å²) in [7, 11) is 0. The average molecular weight is 275 g/mol. The molecule has 1 atom stereocenters. The van der Waals surface area contributed by atoms with Gasteiger partial charge in [0.2, 0.25) is 5.91 Å². The zero-order valence-electron chi connectivity index (χ0n) is 11.3. The van der Waals surface area contributed by atoms with Crippen LogP contribution in [0.5, 0.6) is 0 Å². The van der Waals surface area contributed by atoms with Gasteiger partial charge in [0.25, 0.3) is 0 Å². The molecule has 20 heavy (non-hydrogen) atoms. The Labute approximate surface area is 117 Å². The topological polar surface area (TPSA) is 74.7 Å². The number of hydrogen-bond acceptors (Lipinski definition) is 3. The van der Waals surface area contributed by atoms with Gasteiger partial charge in [-0.25, -0.2) is 0 Å². The van der Waals surface area contributed by atoms with Gasteiger partial charge in [-0.1, -0.05) is 31.9 Å². The lowest BCUT2D eigenvalue weighted by molar-refractivity contribution is -0.144. The van der Waals surface area contributed by atoms with Crippen molar-refractivity contribution < 1.29 is 19.5 Å².